The van der Waals surface area contributed by atoms with E-state index in [-0.39, 0.29) is 18.5 Å². The van der Waals surface area contributed by atoms with Crippen LogP contribution < -0.4 is 9.64 Å². The minimum atomic E-state index is -0.331. The number of fused-ring (bicyclic) bond motifs is 1. The molecule has 0 spiro atoms. The van der Waals surface area contributed by atoms with Gasteiger partial charge in [-0.05, 0) is 52.3 Å². The number of imidazole rings is 1. The number of rotatable bonds is 4. The molecule has 1 aliphatic rings. The topological polar surface area (TPSA) is 47.4 Å². The largest absolute Gasteiger partial charge is 0.487 e. The lowest BCUT2D eigenvalue weighted by atomic mass is 10.2. The molecule has 0 unspecified atom stereocenters. The molecule has 0 saturated carbocycles. The summed E-state index contributed by atoms with van der Waals surface area (Å²) >= 11 is 3.48. The maximum absolute atomic E-state index is 13.1. The van der Waals surface area contributed by atoms with Gasteiger partial charge in [-0.1, -0.05) is 18.2 Å². The molecule has 132 valence electrons. The zero-order valence-corrected chi connectivity index (χ0v) is 15.3. The smallest absolute Gasteiger partial charge is 0.335 e. The van der Waals surface area contributed by atoms with E-state index in [1.807, 2.05) is 30.3 Å². The van der Waals surface area contributed by atoms with E-state index in [0.717, 1.165) is 5.75 Å². The van der Waals surface area contributed by atoms with Crippen molar-refractivity contribution in [1.29, 1.82) is 0 Å². The first-order chi connectivity index (χ1) is 12.6. The number of carbonyl (C=O) groups is 1. The summed E-state index contributed by atoms with van der Waals surface area (Å²) in [6, 6.07) is 15.1. The molecular formula is C19H15BrFN3O2. The van der Waals surface area contributed by atoms with E-state index in [1.165, 1.54) is 16.7 Å². The van der Waals surface area contributed by atoms with Crippen LogP contribution in [0, 0.1) is 5.82 Å². The van der Waals surface area contributed by atoms with Gasteiger partial charge in [0.15, 0.2) is 0 Å². The molecule has 0 fully saturated rings. The van der Waals surface area contributed by atoms with E-state index in [0.29, 0.717) is 34.8 Å². The third-order valence-corrected chi connectivity index (χ3v) is 5.01. The normalized spacial score (nSPS) is 13.6. The molecule has 0 radical (unpaired) electrons. The molecule has 0 bridgehead atoms. The molecule has 0 aliphatic carbocycles. The fourth-order valence-electron chi connectivity index (χ4n) is 2.91. The summed E-state index contributed by atoms with van der Waals surface area (Å²) in [4.78, 5) is 19.0. The van der Waals surface area contributed by atoms with E-state index in [9.17, 15) is 9.18 Å². The van der Waals surface area contributed by atoms with Gasteiger partial charge in [-0.3, -0.25) is 4.90 Å². The molecule has 26 heavy (non-hydrogen) atoms. The first-order valence-corrected chi connectivity index (χ1v) is 8.94. The van der Waals surface area contributed by atoms with Gasteiger partial charge < -0.3 is 4.74 Å². The van der Waals surface area contributed by atoms with E-state index in [2.05, 4.69) is 20.9 Å². The lowest BCUT2D eigenvalue weighted by Gasteiger charge is -2.27. The first kappa shape index (κ1) is 16.8. The molecule has 7 heteroatoms. The molecule has 2 heterocycles. The molecule has 0 atom stereocenters. The third kappa shape index (κ3) is 3.10. The Kier molecular flexibility index (Phi) is 4.46. The summed E-state index contributed by atoms with van der Waals surface area (Å²) in [5.74, 6) is 1.10. The second kappa shape index (κ2) is 6.92. The van der Waals surface area contributed by atoms with Crippen LogP contribution in [0.2, 0.25) is 0 Å². The highest BCUT2D eigenvalue weighted by Crippen LogP contribution is 2.27. The quantitative estimate of drug-likeness (QED) is 0.634. The lowest BCUT2D eigenvalue weighted by Crippen LogP contribution is -2.41. The highest BCUT2D eigenvalue weighted by atomic mass is 79.9. The molecule has 2 aromatic carbocycles. The van der Waals surface area contributed by atoms with Gasteiger partial charge in [0, 0.05) is 18.7 Å². The summed E-state index contributed by atoms with van der Waals surface area (Å²) in [5, 5.41) is 0. The molecule has 1 amide bonds. The summed E-state index contributed by atoms with van der Waals surface area (Å²) in [7, 11) is 0. The van der Waals surface area contributed by atoms with Gasteiger partial charge in [0.1, 0.15) is 34.3 Å². The zero-order chi connectivity index (χ0) is 18.1. The van der Waals surface area contributed by atoms with Crippen molar-refractivity contribution in [2.24, 2.45) is 0 Å². The minimum Gasteiger partial charge on any atom is -0.487 e. The Hall–Kier alpha value is -2.67. The fourth-order valence-corrected chi connectivity index (χ4v) is 3.46. The van der Waals surface area contributed by atoms with Crippen molar-refractivity contribution in [3.8, 4) is 5.75 Å². The van der Waals surface area contributed by atoms with Crippen molar-refractivity contribution in [3.63, 3.8) is 0 Å². The average molecular weight is 416 g/mol. The van der Waals surface area contributed by atoms with Crippen molar-refractivity contribution in [3.05, 3.63) is 76.5 Å². The second-order valence-corrected chi connectivity index (χ2v) is 6.61. The van der Waals surface area contributed by atoms with E-state index in [1.54, 1.807) is 17.0 Å². The van der Waals surface area contributed by atoms with E-state index in [4.69, 9.17) is 4.74 Å². The number of hydrogen-bond acceptors (Lipinski definition) is 3. The van der Waals surface area contributed by atoms with Crippen molar-refractivity contribution < 1.29 is 13.9 Å². The zero-order valence-electron chi connectivity index (χ0n) is 13.7. The monoisotopic (exact) mass is 415 g/mol. The van der Waals surface area contributed by atoms with Gasteiger partial charge in [0.2, 0.25) is 0 Å². The fraction of sp³-hybridized carbons (Fsp3) is 0.158. The van der Waals surface area contributed by atoms with Gasteiger partial charge in [-0.2, -0.15) is 0 Å². The molecule has 5 nitrogen and oxygen atoms in total. The Morgan fingerprint density at radius 1 is 1.12 bits per heavy atom. The van der Waals surface area contributed by atoms with Crippen LogP contribution in [0.3, 0.4) is 0 Å². The van der Waals surface area contributed by atoms with Crippen LogP contribution in [-0.2, 0) is 13.0 Å². The maximum Gasteiger partial charge on any atom is 0.335 e. The first-order valence-electron chi connectivity index (χ1n) is 8.15. The molecule has 4 rings (SSSR count). The number of carbonyl (C=O) groups excluding carboxylic acids is 1. The predicted octanol–water partition coefficient (Wildman–Crippen LogP) is 4.39. The van der Waals surface area contributed by atoms with Gasteiger partial charge in [0.05, 0.1) is 0 Å². The number of halogens is 2. The SMILES string of the molecule is O=C1N(c2ccc(F)cc2)CCc2nc(COc3ccccc3)c(Br)n21. The standard InChI is InChI=1S/C19H15BrFN3O2/c20-18-16(12-26-15-4-2-1-3-5-15)22-17-10-11-23(19(25)24(17)18)14-8-6-13(21)7-9-14/h1-9H,10-12H2. The number of benzene rings is 2. The number of ether oxygens (including phenoxy) is 1. The molecular weight excluding hydrogens is 401 g/mol. The molecule has 1 aliphatic heterocycles. The lowest BCUT2D eigenvalue weighted by molar-refractivity contribution is 0.244. The Morgan fingerprint density at radius 3 is 2.58 bits per heavy atom. The Balaban J connectivity index is 1.57. The predicted molar refractivity (Wildman–Crippen MR) is 98.9 cm³/mol. The van der Waals surface area contributed by atoms with Gasteiger partial charge in [-0.25, -0.2) is 18.7 Å². The van der Waals surface area contributed by atoms with Gasteiger partial charge in [-0.15, -0.1) is 0 Å². The third-order valence-electron chi connectivity index (χ3n) is 4.19. The van der Waals surface area contributed by atoms with Crippen LogP contribution >= 0.6 is 15.9 Å². The van der Waals surface area contributed by atoms with Crippen LogP contribution in [-0.4, -0.2) is 22.1 Å². The second-order valence-electron chi connectivity index (χ2n) is 5.86. The van der Waals surface area contributed by atoms with Crippen molar-refractivity contribution in [2.45, 2.75) is 13.0 Å². The number of nitrogens with zero attached hydrogens (tertiary/aromatic N) is 3. The van der Waals surface area contributed by atoms with Crippen LogP contribution in [0.25, 0.3) is 0 Å². The molecule has 0 saturated heterocycles. The number of hydrogen-bond donors (Lipinski definition) is 0. The van der Waals surface area contributed by atoms with Gasteiger partial charge >= 0.3 is 6.03 Å². The van der Waals surface area contributed by atoms with Crippen molar-refractivity contribution in [2.75, 3.05) is 11.4 Å². The Morgan fingerprint density at radius 2 is 1.85 bits per heavy atom. The Bertz CT molecular complexity index is 941. The highest BCUT2D eigenvalue weighted by molar-refractivity contribution is 9.10. The number of amides is 1. The van der Waals surface area contributed by atoms with Crippen LogP contribution in [0.1, 0.15) is 11.5 Å². The summed E-state index contributed by atoms with van der Waals surface area (Å²) in [6.45, 7) is 0.751. The average Bonchev–Trinajstić information content (AvgIpc) is 2.99. The summed E-state index contributed by atoms with van der Waals surface area (Å²) in [6.07, 6.45) is 0.604. The number of anilines is 1. The van der Waals surface area contributed by atoms with Crippen LogP contribution in [0.5, 0.6) is 5.75 Å². The van der Waals surface area contributed by atoms with Crippen molar-refractivity contribution >= 4 is 27.6 Å². The summed E-state index contributed by atoms with van der Waals surface area (Å²) in [5.41, 5.74) is 1.32. The van der Waals surface area contributed by atoms with Crippen LogP contribution in [0.4, 0.5) is 14.9 Å². The minimum absolute atomic E-state index is 0.219. The van der Waals surface area contributed by atoms with Crippen LogP contribution in [0.15, 0.2) is 59.2 Å². The van der Waals surface area contributed by atoms with E-state index < -0.39 is 0 Å². The van der Waals surface area contributed by atoms with E-state index >= 15 is 0 Å². The number of aromatic nitrogens is 2. The van der Waals surface area contributed by atoms with Gasteiger partial charge in [0.25, 0.3) is 0 Å². The number of para-hydroxylation sites is 1. The molecule has 0 N–H and O–H groups in total. The molecule has 3 aromatic rings. The van der Waals surface area contributed by atoms with Crippen molar-refractivity contribution in [1.82, 2.24) is 9.55 Å². The Labute approximate surface area is 158 Å². The summed E-state index contributed by atoms with van der Waals surface area (Å²) < 4.78 is 21.0. The molecule has 1 aromatic heterocycles. The highest BCUT2D eigenvalue weighted by Gasteiger charge is 2.30. The maximum atomic E-state index is 13.1.